The molecule has 0 aromatic heterocycles. The summed E-state index contributed by atoms with van der Waals surface area (Å²) in [6.45, 7) is 6.52. The van der Waals surface area contributed by atoms with Gasteiger partial charge in [-0.15, -0.1) is 0 Å². The van der Waals surface area contributed by atoms with E-state index >= 15 is 0 Å². The van der Waals surface area contributed by atoms with Gasteiger partial charge in [0.15, 0.2) is 0 Å². The van der Waals surface area contributed by atoms with Crippen LogP contribution in [0.1, 0.15) is 45.2 Å². The Bertz CT molecular complexity index is 548. The largest absolute Gasteiger partial charge is 0.444 e. The number of alkyl carbamates (subject to hydrolysis) is 1. The van der Waals surface area contributed by atoms with E-state index in [2.05, 4.69) is 10.6 Å². The lowest BCUT2D eigenvalue weighted by molar-refractivity contribution is -0.123. The molecule has 2 N–H and O–H groups in total. The lowest BCUT2D eigenvalue weighted by atomic mass is 10.1. The summed E-state index contributed by atoms with van der Waals surface area (Å²) in [5, 5.41) is 5.51. The molecule has 2 rings (SSSR count). The van der Waals surface area contributed by atoms with E-state index in [0.717, 1.165) is 19.4 Å². The number of carbonyl (C=O) groups is 2. The fraction of sp³-hybridized carbons (Fsp3) is 0.556. The van der Waals surface area contributed by atoms with Crippen molar-refractivity contribution in [2.45, 2.75) is 51.4 Å². The number of amides is 2. The Morgan fingerprint density at radius 1 is 1.29 bits per heavy atom. The molecule has 1 saturated heterocycles. The monoisotopic (exact) mass is 334 g/mol. The maximum Gasteiger partial charge on any atom is 0.408 e. The first-order valence-corrected chi connectivity index (χ1v) is 8.29. The molecule has 1 aromatic carbocycles. The predicted octanol–water partition coefficient (Wildman–Crippen LogP) is 2.55. The number of hydrogen-bond acceptors (Lipinski definition) is 4. The fourth-order valence-corrected chi connectivity index (χ4v) is 2.49. The van der Waals surface area contributed by atoms with Gasteiger partial charge in [0, 0.05) is 13.2 Å². The van der Waals surface area contributed by atoms with Gasteiger partial charge in [-0.05, 0) is 39.2 Å². The number of carbonyl (C=O) groups excluding carboxylic acids is 2. The summed E-state index contributed by atoms with van der Waals surface area (Å²) in [5.41, 5.74) is 0.0765. The van der Waals surface area contributed by atoms with Crippen molar-refractivity contribution in [3.63, 3.8) is 0 Å². The van der Waals surface area contributed by atoms with Crippen molar-refractivity contribution < 1.29 is 19.1 Å². The van der Waals surface area contributed by atoms with Crippen LogP contribution < -0.4 is 10.6 Å². The summed E-state index contributed by atoms with van der Waals surface area (Å²) in [6.07, 6.45) is 1.38. The van der Waals surface area contributed by atoms with Gasteiger partial charge in [-0.25, -0.2) is 4.79 Å². The van der Waals surface area contributed by atoms with E-state index in [0.29, 0.717) is 12.1 Å². The number of rotatable bonds is 5. The minimum absolute atomic E-state index is 0.0481. The second-order valence-corrected chi connectivity index (χ2v) is 6.87. The van der Waals surface area contributed by atoms with Crippen molar-refractivity contribution in [3.8, 4) is 0 Å². The molecule has 1 fully saturated rings. The van der Waals surface area contributed by atoms with Crippen LogP contribution in [-0.2, 0) is 14.3 Å². The summed E-state index contributed by atoms with van der Waals surface area (Å²) < 4.78 is 10.8. The number of hydrogen-bond donors (Lipinski definition) is 2. The zero-order chi connectivity index (χ0) is 17.6. The molecule has 0 unspecified atom stereocenters. The zero-order valence-corrected chi connectivity index (χ0v) is 14.5. The van der Waals surface area contributed by atoms with Gasteiger partial charge in [-0.1, -0.05) is 30.3 Å². The van der Waals surface area contributed by atoms with Crippen LogP contribution in [0.2, 0.25) is 0 Å². The lowest BCUT2D eigenvalue weighted by Gasteiger charge is -2.24. The van der Waals surface area contributed by atoms with Gasteiger partial charge in [0.05, 0.1) is 6.10 Å². The van der Waals surface area contributed by atoms with E-state index in [1.165, 1.54) is 0 Å². The molecule has 0 saturated carbocycles. The molecule has 0 radical (unpaired) electrons. The van der Waals surface area contributed by atoms with Gasteiger partial charge in [0.1, 0.15) is 11.6 Å². The maximum atomic E-state index is 12.6. The highest BCUT2D eigenvalue weighted by atomic mass is 16.6. The van der Waals surface area contributed by atoms with Crippen molar-refractivity contribution >= 4 is 12.0 Å². The predicted molar refractivity (Wildman–Crippen MR) is 90.5 cm³/mol. The van der Waals surface area contributed by atoms with Crippen LogP contribution in [0.5, 0.6) is 0 Å². The standard InChI is InChI=1S/C18H26N2O4/c1-18(2,3)24-17(22)20-15(13-8-5-4-6-9-13)16(21)19-12-14-10-7-11-23-14/h4-6,8-9,14-15H,7,10-12H2,1-3H3,(H,19,21)(H,20,22)/t14-,15-/m0/s1. The third-order valence-electron chi connectivity index (χ3n) is 3.58. The molecule has 0 aliphatic carbocycles. The highest BCUT2D eigenvalue weighted by molar-refractivity contribution is 5.86. The molecule has 0 bridgehead atoms. The second kappa shape index (κ2) is 8.15. The van der Waals surface area contributed by atoms with Gasteiger partial charge in [-0.3, -0.25) is 4.79 Å². The van der Waals surface area contributed by atoms with E-state index in [-0.39, 0.29) is 12.0 Å². The molecule has 1 aliphatic heterocycles. The van der Waals surface area contributed by atoms with Crippen LogP contribution in [0.4, 0.5) is 4.79 Å². The highest BCUT2D eigenvalue weighted by Crippen LogP contribution is 2.16. The van der Waals surface area contributed by atoms with Crippen molar-refractivity contribution in [1.82, 2.24) is 10.6 Å². The van der Waals surface area contributed by atoms with Crippen molar-refractivity contribution in [2.75, 3.05) is 13.2 Å². The number of ether oxygens (including phenoxy) is 2. The first-order valence-electron chi connectivity index (χ1n) is 8.29. The zero-order valence-electron chi connectivity index (χ0n) is 14.5. The van der Waals surface area contributed by atoms with Gasteiger partial charge >= 0.3 is 6.09 Å². The minimum atomic E-state index is -0.803. The number of benzene rings is 1. The highest BCUT2D eigenvalue weighted by Gasteiger charge is 2.26. The van der Waals surface area contributed by atoms with E-state index in [1.54, 1.807) is 32.9 Å². The van der Waals surface area contributed by atoms with E-state index < -0.39 is 17.7 Å². The van der Waals surface area contributed by atoms with Crippen LogP contribution in [-0.4, -0.2) is 36.9 Å². The smallest absolute Gasteiger partial charge is 0.408 e. The topological polar surface area (TPSA) is 76.7 Å². The second-order valence-electron chi connectivity index (χ2n) is 6.87. The minimum Gasteiger partial charge on any atom is -0.444 e. The molecule has 6 nitrogen and oxygen atoms in total. The molecule has 1 heterocycles. The Morgan fingerprint density at radius 2 is 2.00 bits per heavy atom. The van der Waals surface area contributed by atoms with Gasteiger partial charge in [0.2, 0.25) is 5.91 Å². The van der Waals surface area contributed by atoms with Crippen LogP contribution in [0.25, 0.3) is 0 Å². The number of nitrogens with one attached hydrogen (secondary N) is 2. The van der Waals surface area contributed by atoms with Crippen LogP contribution >= 0.6 is 0 Å². The van der Waals surface area contributed by atoms with Crippen LogP contribution in [0.15, 0.2) is 30.3 Å². The van der Waals surface area contributed by atoms with Gasteiger partial charge in [-0.2, -0.15) is 0 Å². The van der Waals surface area contributed by atoms with Crippen molar-refractivity contribution in [2.24, 2.45) is 0 Å². The Morgan fingerprint density at radius 3 is 2.58 bits per heavy atom. The van der Waals surface area contributed by atoms with Crippen LogP contribution in [0, 0.1) is 0 Å². The van der Waals surface area contributed by atoms with Crippen molar-refractivity contribution in [1.29, 1.82) is 0 Å². The molecular weight excluding hydrogens is 308 g/mol. The molecule has 1 aromatic rings. The Kier molecular flexibility index (Phi) is 6.20. The van der Waals surface area contributed by atoms with Crippen molar-refractivity contribution in [3.05, 3.63) is 35.9 Å². The summed E-state index contributed by atoms with van der Waals surface area (Å²) >= 11 is 0. The van der Waals surface area contributed by atoms with E-state index in [9.17, 15) is 9.59 Å². The molecule has 2 amide bonds. The quantitative estimate of drug-likeness (QED) is 0.867. The maximum absolute atomic E-state index is 12.6. The molecule has 1 aliphatic rings. The van der Waals surface area contributed by atoms with Crippen LogP contribution in [0.3, 0.4) is 0 Å². The SMILES string of the molecule is CC(C)(C)OC(=O)N[C@H](C(=O)NC[C@@H]1CCCO1)c1ccccc1. The van der Waals surface area contributed by atoms with Gasteiger partial charge in [0.25, 0.3) is 0 Å². The summed E-state index contributed by atoms with van der Waals surface area (Å²) in [4.78, 5) is 24.6. The van der Waals surface area contributed by atoms with Gasteiger partial charge < -0.3 is 20.1 Å². The third-order valence-corrected chi connectivity index (χ3v) is 3.58. The third kappa shape index (κ3) is 5.85. The molecule has 24 heavy (non-hydrogen) atoms. The summed E-state index contributed by atoms with van der Waals surface area (Å²) in [5.74, 6) is -0.275. The molecular formula is C18H26N2O4. The fourth-order valence-electron chi connectivity index (χ4n) is 2.49. The lowest BCUT2D eigenvalue weighted by Crippen LogP contribution is -2.44. The summed E-state index contributed by atoms with van der Waals surface area (Å²) in [6, 6.07) is 8.31. The first-order chi connectivity index (χ1) is 11.3. The average molecular weight is 334 g/mol. The first kappa shape index (κ1) is 18.3. The van der Waals surface area contributed by atoms with E-state index in [4.69, 9.17) is 9.47 Å². The summed E-state index contributed by atoms with van der Waals surface area (Å²) in [7, 11) is 0. The Labute approximate surface area is 142 Å². The molecule has 0 spiro atoms. The molecule has 2 atom stereocenters. The van der Waals surface area contributed by atoms with E-state index in [1.807, 2.05) is 18.2 Å². The normalized spacial score (nSPS) is 18.7. The molecule has 6 heteroatoms. The molecule has 132 valence electrons. The average Bonchev–Trinajstić information content (AvgIpc) is 3.03. The Balaban J connectivity index is 2.02. The Hall–Kier alpha value is -2.08.